The third kappa shape index (κ3) is 7.10. The molecule has 1 heterocycles. The molecule has 1 saturated carbocycles. The largest absolute Gasteiger partial charge is 0.497 e. The average molecular weight is 573 g/mol. The Hall–Kier alpha value is -4.24. The number of hydrogen-bond donors (Lipinski definition) is 1. The van der Waals surface area contributed by atoms with E-state index in [1.165, 1.54) is 4.80 Å². The number of benzene rings is 3. The van der Waals surface area contributed by atoms with Gasteiger partial charge in [0.25, 0.3) is 0 Å². The molecule has 2 amide bonds. The lowest BCUT2D eigenvalue weighted by Gasteiger charge is -2.32. The highest BCUT2D eigenvalue weighted by atomic mass is 35.5. The molecule has 1 atom stereocenters. The van der Waals surface area contributed by atoms with Crippen LogP contribution in [0, 0.1) is 6.92 Å². The molecular formula is C31H33ClN6O3. The van der Waals surface area contributed by atoms with Crippen LogP contribution in [0.3, 0.4) is 0 Å². The molecule has 1 unspecified atom stereocenters. The second kappa shape index (κ2) is 13.0. The summed E-state index contributed by atoms with van der Waals surface area (Å²) in [4.78, 5) is 30.7. The van der Waals surface area contributed by atoms with E-state index in [9.17, 15) is 9.59 Å². The van der Waals surface area contributed by atoms with Gasteiger partial charge in [0.15, 0.2) is 0 Å². The number of halogens is 1. The van der Waals surface area contributed by atoms with Crippen molar-refractivity contribution in [3.05, 3.63) is 94.5 Å². The molecule has 1 aromatic heterocycles. The molecule has 0 aliphatic heterocycles. The number of ether oxygens (including phenoxy) is 1. The van der Waals surface area contributed by atoms with E-state index in [1.807, 2.05) is 55.5 Å². The van der Waals surface area contributed by atoms with Crippen molar-refractivity contribution in [2.24, 2.45) is 0 Å². The number of rotatable bonds is 10. The second-order valence-corrected chi connectivity index (χ2v) is 10.8. The Bertz CT molecular complexity index is 1470. The average Bonchev–Trinajstić information content (AvgIpc) is 3.67. The number of nitrogens with zero attached hydrogens (tertiary/aromatic N) is 5. The van der Waals surface area contributed by atoms with Gasteiger partial charge in [-0.05, 0) is 60.4 Å². The fourth-order valence-electron chi connectivity index (χ4n) is 5.06. The van der Waals surface area contributed by atoms with E-state index in [1.54, 1.807) is 36.3 Å². The van der Waals surface area contributed by atoms with Crippen molar-refractivity contribution in [1.29, 1.82) is 0 Å². The van der Waals surface area contributed by atoms with Crippen molar-refractivity contribution in [1.82, 2.24) is 30.4 Å². The predicted molar refractivity (Wildman–Crippen MR) is 156 cm³/mol. The Balaban J connectivity index is 1.47. The molecule has 0 spiro atoms. The van der Waals surface area contributed by atoms with Gasteiger partial charge in [0.05, 0.1) is 7.11 Å². The molecule has 0 radical (unpaired) electrons. The van der Waals surface area contributed by atoms with Crippen LogP contribution >= 0.6 is 11.6 Å². The summed E-state index contributed by atoms with van der Waals surface area (Å²) < 4.78 is 5.30. The van der Waals surface area contributed by atoms with Crippen LogP contribution in [0.1, 0.15) is 48.4 Å². The maximum absolute atomic E-state index is 14.0. The molecule has 3 aromatic carbocycles. The number of amides is 2. The van der Waals surface area contributed by atoms with Gasteiger partial charge in [0.1, 0.15) is 18.3 Å². The highest BCUT2D eigenvalue weighted by Crippen LogP contribution is 2.28. The van der Waals surface area contributed by atoms with Gasteiger partial charge in [-0.25, -0.2) is 0 Å². The Morgan fingerprint density at radius 2 is 1.71 bits per heavy atom. The van der Waals surface area contributed by atoms with Gasteiger partial charge in [-0.3, -0.25) is 9.59 Å². The van der Waals surface area contributed by atoms with E-state index in [-0.39, 0.29) is 30.9 Å². The zero-order valence-electron chi connectivity index (χ0n) is 23.2. The minimum absolute atomic E-state index is 0.0873. The number of carbonyl (C=O) groups is 2. The quantitative estimate of drug-likeness (QED) is 0.282. The molecule has 9 nitrogen and oxygen atoms in total. The van der Waals surface area contributed by atoms with Gasteiger partial charge >= 0.3 is 0 Å². The van der Waals surface area contributed by atoms with E-state index in [2.05, 4.69) is 20.7 Å². The molecule has 1 aliphatic rings. The van der Waals surface area contributed by atoms with Crippen LogP contribution in [0.2, 0.25) is 5.02 Å². The third-order valence-corrected chi connectivity index (χ3v) is 7.57. The van der Waals surface area contributed by atoms with Gasteiger partial charge < -0.3 is 15.0 Å². The molecule has 0 saturated heterocycles. The maximum Gasteiger partial charge on any atom is 0.247 e. The van der Waals surface area contributed by atoms with Gasteiger partial charge in [0.2, 0.25) is 17.6 Å². The standard InChI is InChI=1S/C31H33ClN6O3/c1-21-7-11-24(12-8-21)30-34-36-38(35-30)20-28(39)37(19-22-9-17-27(41-2)18-10-22)29(23-13-15-25(32)16-14-23)31(40)33-26-5-3-4-6-26/h7-18,26,29H,3-6,19-20H2,1-2H3,(H,33,40). The predicted octanol–water partition coefficient (Wildman–Crippen LogP) is 5.14. The monoisotopic (exact) mass is 572 g/mol. The SMILES string of the molecule is COc1ccc(CN(C(=O)Cn2nnc(-c3ccc(C)cc3)n2)C(C(=O)NC2CCCC2)c2ccc(Cl)cc2)cc1. The summed E-state index contributed by atoms with van der Waals surface area (Å²) in [5, 5.41) is 16.5. The highest BCUT2D eigenvalue weighted by Gasteiger charge is 2.33. The fraction of sp³-hybridized carbons (Fsp3) is 0.323. The Morgan fingerprint density at radius 1 is 1.02 bits per heavy atom. The molecule has 0 bridgehead atoms. The van der Waals surface area contributed by atoms with Gasteiger partial charge in [-0.15, -0.1) is 10.2 Å². The van der Waals surface area contributed by atoms with E-state index in [4.69, 9.17) is 16.3 Å². The lowest BCUT2D eigenvalue weighted by Crippen LogP contribution is -2.46. The first-order chi connectivity index (χ1) is 19.9. The van der Waals surface area contributed by atoms with E-state index >= 15 is 0 Å². The number of carbonyl (C=O) groups excluding carboxylic acids is 2. The summed E-state index contributed by atoms with van der Waals surface area (Å²) in [5.74, 6) is 0.575. The number of nitrogens with one attached hydrogen (secondary N) is 1. The van der Waals surface area contributed by atoms with Crippen molar-refractivity contribution >= 4 is 23.4 Å². The van der Waals surface area contributed by atoms with Crippen molar-refractivity contribution in [2.45, 2.75) is 57.8 Å². The van der Waals surface area contributed by atoms with Gasteiger partial charge in [-0.1, -0.05) is 78.5 Å². The highest BCUT2D eigenvalue weighted by molar-refractivity contribution is 6.30. The Kier molecular flexibility index (Phi) is 8.94. The van der Waals surface area contributed by atoms with Crippen molar-refractivity contribution in [3.63, 3.8) is 0 Å². The first-order valence-corrected chi connectivity index (χ1v) is 14.1. The number of methoxy groups -OCH3 is 1. The molecule has 1 N–H and O–H groups in total. The molecule has 10 heteroatoms. The number of aromatic nitrogens is 4. The first-order valence-electron chi connectivity index (χ1n) is 13.7. The van der Waals surface area contributed by atoms with Crippen LogP contribution in [0.15, 0.2) is 72.8 Å². The van der Waals surface area contributed by atoms with Crippen molar-refractivity contribution < 1.29 is 14.3 Å². The summed E-state index contributed by atoms with van der Waals surface area (Å²) in [5.41, 5.74) is 3.44. The zero-order valence-corrected chi connectivity index (χ0v) is 23.9. The maximum atomic E-state index is 14.0. The summed E-state index contributed by atoms with van der Waals surface area (Å²) in [6.07, 6.45) is 4.00. The lowest BCUT2D eigenvalue weighted by molar-refractivity contribution is -0.142. The van der Waals surface area contributed by atoms with E-state index in [0.717, 1.165) is 42.4 Å². The number of hydrogen-bond acceptors (Lipinski definition) is 6. The van der Waals surface area contributed by atoms with Gasteiger partial charge in [-0.2, -0.15) is 4.80 Å². The summed E-state index contributed by atoms with van der Waals surface area (Å²) >= 11 is 6.18. The Labute approximate surface area is 244 Å². The van der Waals surface area contributed by atoms with Crippen LogP contribution in [0.5, 0.6) is 5.75 Å². The fourth-order valence-corrected chi connectivity index (χ4v) is 5.19. The molecule has 41 heavy (non-hydrogen) atoms. The van der Waals surface area contributed by atoms with Crippen molar-refractivity contribution in [3.8, 4) is 17.1 Å². The normalized spacial score (nSPS) is 14.0. The first kappa shape index (κ1) is 28.3. The van der Waals surface area contributed by atoms with Crippen LogP contribution in [0.4, 0.5) is 0 Å². The van der Waals surface area contributed by atoms with Crippen LogP contribution in [0.25, 0.3) is 11.4 Å². The van der Waals surface area contributed by atoms with Crippen molar-refractivity contribution in [2.75, 3.05) is 7.11 Å². The van der Waals surface area contributed by atoms with Crippen LogP contribution in [-0.4, -0.2) is 50.1 Å². The molecule has 1 aliphatic carbocycles. The zero-order chi connectivity index (χ0) is 28.8. The number of tetrazole rings is 1. The third-order valence-electron chi connectivity index (χ3n) is 7.32. The summed E-state index contributed by atoms with van der Waals surface area (Å²) in [6, 6.07) is 21.5. The van der Waals surface area contributed by atoms with E-state index in [0.29, 0.717) is 22.2 Å². The van der Waals surface area contributed by atoms with Crippen LogP contribution < -0.4 is 10.1 Å². The minimum atomic E-state index is -0.887. The van der Waals surface area contributed by atoms with Gasteiger partial charge in [0, 0.05) is 23.2 Å². The molecule has 212 valence electrons. The molecule has 1 fully saturated rings. The second-order valence-electron chi connectivity index (χ2n) is 10.3. The topological polar surface area (TPSA) is 102 Å². The molecule has 4 aromatic rings. The smallest absolute Gasteiger partial charge is 0.247 e. The van der Waals surface area contributed by atoms with E-state index < -0.39 is 6.04 Å². The minimum Gasteiger partial charge on any atom is -0.497 e. The van der Waals surface area contributed by atoms with Crippen LogP contribution in [-0.2, 0) is 22.7 Å². The summed E-state index contributed by atoms with van der Waals surface area (Å²) in [6.45, 7) is 2.01. The Morgan fingerprint density at radius 3 is 2.37 bits per heavy atom. The molecular weight excluding hydrogens is 540 g/mol. The lowest BCUT2D eigenvalue weighted by atomic mass is 10.0. The number of aryl methyl sites for hydroxylation is 1. The molecule has 5 rings (SSSR count). The summed E-state index contributed by atoms with van der Waals surface area (Å²) in [7, 11) is 1.60.